The molecule has 1 aromatic rings. The summed E-state index contributed by atoms with van der Waals surface area (Å²) in [5.41, 5.74) is 0.594. The van der Waals surface area contributed by atoms with E-state index in [0.29, 0.717) is 37.4 Å². The number of rotatable bonds is 7. The van der Waals surface area contributed by atoms with Crippen LogP contribution in [0, 0.1) is 0 Å². The van der Waals surface area contributed by atoms with Gasteiger partial charge in [-0.1, -0.05) is 15.9 Å². The van der Waals surface area contributed by atoms with Gasteiger partial charge >= 0.3 is 0 Å². The van der Waals surface area contributed by atoms with Gasteiger partial charge in [-0.3, -0.25) is 9.59 Å². The van der Waals surface area contributed by atoms with E-state index >= 15 is 0 Å². The molecular formula is C13H16BrClN2O2. The van der Waals surface area contributed by atoms with E-state index in [1.54, 1.807) is 12.1 Å². The topological polar surface area (TPSA) is 58.2 Å². The van der Waals surface area contributed by atoms with Gasteiger partial charge in [0.1, 0.15) is 0 Å². The van der Waals surface area contributed by atoms with E-state index in [0.717, 1.165) is 4.47 Å². The van der Waals surface area contributed by atoms with Gasteiger partial charge in [0.25, 0.3) is 5.91 Å². The van der Waals surface area contributed by atoms with Crippen LogP contribution in [0.25, 0.3) is 0 Å². The zero-order valence-electron chi connectivity index (χ0n) is 10.4. The smallest absolute Gasteiger partial charge is 0.251 e. The molecule has 0 unspecified atom stereocenters. The molecule has 1 aromatic carbocycles. The molecule has 0 fully saturated rings. The first-order valence-corrected chi connectivity index (χ1v) is 7.32. The highest BCUT2D eigenvalue weighted by atomic mass is 79.9. The van der Waals surface area contributed by atoms with Crippen LogP contribution in [0.4, 0.5) is 0 Å². The Kier molecular flexibility index (Phi) is 7.52. The summed E-state index contributed by atoms with van der Waals surface area (Å²) in [6.07, 6.45) is 1.09. The van der Waals surface area contributed by atoms with Crippen LogP contribution in [0.15, 0.2) is 28.7 Å². The van der Waals surface area contributed by atoms with Crippen LogP contribution >= 0.6 is 27.5 Å². The van der Waals surface area contributed by atoms with Gasteiger partial charge < -0.3 is 10.6 Å². The quantitative estimate of drug-likeness (QED) is 0.587. The first-order valence-electron chi connectivity index (χ1n) is 6.00. The van der Waals surface area contributed by atoms with E-state index in [2.05, 4.69) is 26.6 Å². The Hall–Kier alpha value is -1.07. The highest BCUT2D eigenvalue weighted by Crippen LogP contribution is 2.10. The Balaban J connectivity index is 2.20. The number of alkyl halides is 1. The van der Waals surface area contributed by atoms with Crippen molar-refractivity contribution in [1.82, 2.24) is 10.6 Å². The zero-order valence-corrected chi connectivity index (χ0v) is 12.8. The molecule has 6 heteroatoms. The normalized spacial score (nSPS) is 10.0. The fraction of sp³-hybridized carbons (Fsp3) is 0.385. The average Bonchev–Trinajstić information content (AvgIpc) is 2.41. The molecule has 0 heterocycles. The molecule has 2 N–H and O–H groups in total. The highest BCUT2D eigenvalue weighted by molar-refractivity contribution is 9.10. The number of hydrogen-bond donors (Lipinski definition) is 2. The van der Waals surface area contributed by atoms with E-state index in [1.165, 1.54) is 0 Å². The van der Waals surface area contributed by atoms with E-state index in [4.69, 9.17) is 11.6 Å². The number of carbonyl (C=O) groups is 2. The monoisotopic (exact) mass is 346 g/mol. The van der Waals surface area contributed by atoms with Gasteiger partial charge in [0.05, 0.1) is 0 Å². The molecule has 2 amide bonds. The summed E-state index contributed by atoms with van der Waals surface area (Å²) < 4.78 is 0.926. The van der Waals surface area contributed by atoms with Crippen LogP contribution in [-0.2, 0) is 4.79 Å². The number of carbonyl (C=O) groups excluding carboxylic acids is 2. The lowest BCUT2D eigenvalue weighted by Crippen LogP contribution is -2.34. The third-order valence-electron chi connectivity index (χ3n) is 2.38. The van der Waals surface area contributed by atoms with Crippen molar-refractivity contribution < 1.29 is 9.59 Å². The van der Waals surface area contributed by atoms with Crippen molar-refractivity contribution in [1.29, 1.82) is 0 Å². The van der Waals surface area contributed by atoms with Crippen LogP contribution in [0.3, 0.4) is 0 Å². The molecule has 0 bridgehead atoms. The third kappa shape index (κ3) is 6.59. The second kappa shape index (κ2) is 8.93. The van der Waals surface area contributed by atoms with Gasteiger partial charge in [0, 0.05) is 35.4 Å². The van der Waals surface area contributed by atoms with E-state index < -0.39 is 0 Å². The fourth-order valence-electron chi connectivity index (χ4n) is 1.40. The molecule has 0 radical (unpaired) electrons. The van der Waals surface area contributed by atoms with Crippen molar-refractivity contribution >= 4 is 39.3 Å². The molecule has 0 aliphatic carbocycles. The summed E-state index contributed by atoms with van der Waals surface area (Å²) in [5, 5.41) is 5.45. The lowest BCUT2D eigenvalue weighted by molar-refractivity contribution is -0.121. The molecule has 0 aromatic heterocycles. The summed E-state index contributed by atoms with van der Waals surface area (Å²) in [6, 6.07) is 7.09. The summed E-state index contributed by atoms with van der Waals surface area (Å²) in [7, 11) is 0. The Morgan fingerprint density at radius 1 is 1.11 bits per heavy atom. The Bertz CT molecular complexity index is 423. The molecule has 19 heavy (non-hydrogen) atoms. The van der Waals surface area contributed by atoms with Gasteiger partial charge in [-0.2, -0.15) is 0 Å². The Morgan fingerprint density at radius 3 is 2.37 bits per heavy atom. The molecule has 104 valence electrons. The van der Waals surface area contributed by atoms with E-state index in [9.17, 15) is 9.59 Å². The summed E-state index contributed by atoms with van der Waals surface area (Å²) in [4.78, 5) is 23.0. The first kappa shape index (κ1) is 16.0. The van der Waals surface area contributed by atoms with Gasteiger partial charge in [0.15, 0.2) is 0 Å². The second-order valence-electron chi connectivity index (χ2n) is 3.91. The Labute approximate surface area is 126 Å². The van der Waals surface area contributed by atoms with Gasteiger partial charge in [-0.15, -0.1) is 11.6 Å². The van der Waals surface area contributed by atoms with Crippen LogP contribution in [0.2, 0.25) is 0 Å². The predicted octanol–water partition coefficient (Wildman–Crippen LogP) is 2.31. The van der Waals surface area contributed by atoms with Crippen molar-refractivity contribution in [3.63, 3.8) is 0 Å². The van der Waals surface area contributed by atoms with Crippen LogP contribution in [0.1, 0.15) is 23.2 Å². The maximum atomic E-state index is 11.7. The third-order valence-corrected chi connectivity index (χ3v) is 3.17. The van der Waals surface area contributed by atoms with E-state index in [1.807, 2.05) is 12.1 Å². The van der Waals surface area contributed by atoms with Crippen molar-refractivity contribution in [3.05, 3.63) is 34.3 Å². The number of amides is 2. The molecule has 0 aliphatic heterocycles. The zero-order chi connectivity index (χ0) is 14.1. The average molecular weight is 348 g/mol. The van der Waals surface area contributed by atoms with Crippen molar-refractivity contribution in [3.8, 4) is 0 Å². The second-order valence-corrected chi connectivity index (χ2v) is 5.20. The summed E-state index contributed by atoms with van der Waals surface area (Å²) >= 11 is 8.79. The fourth-order valence-corrected chi connectivity index (χ4v) is 1.79. The first-order chi connectivity index (χ1) is 9.13. The lowest BCUT2D eigenvalue weighted by Gasteiger charge is -2.07. The minimum absolute atomic E-state index is 0.0430. The standard InChI is InChI=1S/C13H16BrClN2O2/c14-11-5-3-10(4-6-11)13(19)17-9-8-16-12(18)2-1-7-15/h3-6H,1-2,7-9H2,(H,16,18)(H,17,19). The van der Waals surface area contributed by atoms with Gasteiger partial charge in [-0.25, -0.2) is 0 Å². The van der Waals surface area contributed by atoms with Crippen molar-refractivity contribution in [2.75, 3.05) is 19.0 Å². The van der Waals surface area contributed by atoms with Gasteiger partial charge in [-0.05, 0) is 30.7 Å². The Morgan fingerprint density at radius 2 is 1.74 bits per heavy atom. The number of hydrogen-bond acceptors (Lipinski definition) is 2. The maximum Gasteiger partial charge on any atom is 0.251 e. The molecule has 0 atom stereocenters. The maximum absolute atomic E-state index is 11.7. The highest BCUT2D eigenvalue weighted by Gasteiger charge is 2.04. The van der Waals surface area contributed by atoms with Crippen LogP contribution in [0.5, 0.6) is 0 Å². The largest absolute Gasteiger partial charge is 0.354 e. The molecule has 0 saturated heterocycles. The number of halogens is 2. The summed E-state index contributed by atoms with van der Waals surface area (Å²) in [6.45, 7) is 0.824. The molecule has 0 aliphatic rings. The minimum Gasteiger partial charge on any atom is -0.354 e. The SMILES string of the molecule is O=C(CCCCl)NCCNC(=O)c1ccc(Br)cc1. The van der Waals surface area contributed by atoms with Crippen LogP contribution in [-0.4, -0.2) is 30.8 Å². The molecule has 1 rings (SSSR count). The number of benzene rings is 1. The predicted molar refractivity (Wildman–Crippen MR) is 79.4 cm³/mol. The minimum atomic E-state index is -0.150. The molecule has 0 spiro atoms. The summed E-state index contributed by atoms with van der Waals surface area (Å²) in [5.74, 6) is 0.286. The van der Waals surface area contributed by atoms with E-state index in [-0.39, 0.29) is 11.8 Å². The van der Waals surface area contributed by atoms with Crippen molar-refractivity contribution in [2.45, 2.75) is 12.8 Å². The molecular weight excluding hydrogens is 332 g/mol. The molecule has 0 saturated carbocycles. The van der Waals surface area contributed by atoms with Crippen LogP contribution < -0.4 is 10.6 Å². The lowest BCUT2D eigenvalue weighted by atomic mass is 10.2. The molecule has 4 nitrogen and oxygen atoms in total. The number of nitrogens with one attached hydrogen (secondary N) is 2. The van der Waals surface area contributed by atoms with Gasteiger partial charge in [0.2, 0.25) is 5.91 Å². The van der Waals surface area contributed by atoms with Crippen molar-refractivity contribution in [2.24, 2.45) is 0 Å².